The number of rotatable bonds is 2. The van der Waals surface area contributed by atoms with Gasteiger partial charge in [0.25, 0.3) is 0 Å². The molecule has 3 aromatic rings. The lowest BCUT2D eigenvalue weighted by atomic mass is 9.99. The van der Waals surface area contributed by atoms with E-state index in [4.69, 9.17) is 0 Å². The van der Waals surface area contributed by atoms with Crippen LogP contribution in [0.2, 0.25) is 0 Å². The van der Waals surface area contributed by atoms with E-state index in [1.165, 1.54) is 10.1 Å². The van der Waals surface area contributed by atoms with E-state index in [1.807, 2.05) is 31.4 Å². The van der Waals surface area contributed by atoms with Crippen LogP contribution in [-0.2, 0) is 5.60 Å². The molecule has 0 aliphatic carbocycles. The zero-order chi connectivity index (χ0) is 12.8. The third kappa shape index (κ3) is 1.79. The standard InChI is InChI=1S/C15H14OS2/c1-10-7-8-17-14(10)15(2,16)13-9-11-5-3-4-6-12(11)18-13/h3-9,16H,1-2H3. The van der Waals surface area contributed by atoms with Crippen molar-refractivity contribution in [2.75, 3.05) is 0 Å². The summed E-state index contributed by atoms with van der Waals surface area (Å²) in [5.74, 6) is 0. The van der Waals surface area contributed by atoms with Crippen molar-refractivity contribution in [3.05, 3.63) is 57.1 Å². The third-order valence-corrected chi connectivity index (χ3v) is 5.76. The van der Waals surface area contributed by atoms with Gasteiger partial charge < -0.3 is 5.11 Å². The van der Waals surface area contributed by atoms with Crippen molar-refractivity contribution >= 4 is 32.8 Å². The summed E-state index contributed by atoms with van der Waals surface area (Å²) in [4.78, 5) is 2.04. The van der Waals surface area contributed by atoms with E-state index in [9.17, 15) is 5.11 Å². The first kappa shape index (κ1) is 11.9. The second kappa shape index (κ2) is 4.19. The van der Waals surface area contributed by atoms with Gasteiger partial charge in [-0.2, -0.15) is 0 Å². The van der Waals surface area contributed by atoms with Gasteiger partial charge in [0.1, 0.15) is 5.60 Å². The van der Waals surface area contributed by atoms with Gasteiger partial charge in [-0.1, -0.05) is 18.2 Å². The molecular formula is C15H14OS2. The maximum absolute atomic E-state index is 10.8. The van der Waals surface area contributed by atoms with Gasteiger partial charge in [0.05, 0.1) is 0 Å². The molecule has 0 bridgehead atoms. The first-order valence-electron chi connectivity index (χ1n) is 5.85. The molecule has 3 rings (SSSR count). The normalized spacial score (nSPS) is 14.8. The van der Waals surface area contributed by atoms with Gasteiger partial charge in [-0.25, -0.2) is 0 Å². The number of fused-ring (bicyclic) bond motifs is 1. The molecule has 0 fully saturated rings. The Labute approximate surface area is 114 Å². The summed E-state index contributed by atoms with van der Waals surface area (Å²) in [6.07, 6.45) is 0. The van der Waals surface area contributed by atoms with Crippen LogP contribution in [0, 0.1) is 6.92 Å². The maximum Gasteiger partial charge on any atom is 0.130 e. The SMILES string of the molecule is Cc1ccsc1C(C)(O)c1cc2ccccc2s1. The third-order valence-electron chi connectivity index (χ3n) is 3.21. The predicted molar refractivity (Wildman–Crippen MR) is 79.6 cm³/mol. The zero-order valence-electron chi connectivity index (χ0n) is 10.3. The highest BCUT2D eigenvalue weighted by molar-refractivity contribution is 7.19. The number of benzene rings is 1. The van der Waals surface area contributed by atoms with Gasteiger partial charge in [0.15, 0.2) is 0 Å². The minimum atomic E-state index is -0.887. The Morgan fingerprint density at radius 3 is 2.61 bits per heavy atom. The average molecular weight is 274 g/mol. The van der Waals surface area contributed by atoms with E-state index in [0.29, 0.717) is 0 Å². The average Bonchev–Trinajstić information content (AvgIpc) is 2.94. The maximum atomic E-state index is 10.8. The Bertz CT molecular complexity index is 658. The number of aryl methyl sites for hydroxylation is 1. The number of hydrogen-bond acceptors (Lipinski definition) is 3. The van der Waals surface area contributed by atoms with Crippen molar-refractivity contribution < 1.29 is 5.11 Å². The molecule has 1 nitrogen and oxygen atoms in total. The number of aliphatic hydroxyl groups is 1. The molecule has 3 heteroatoms. The van der Waals surface area contributed by atoms with Crippen LogP contribution in [0.15, 0.2) is 41.8 Å². The second-order valence-corrected chi connectivity index (χ2v) is 6.65. The summed E-state index contributed by atoms with van der Waals surface area (Å²) < 4.78 is 1.22. The Kier molecular flexibility index (Phi) is 2.77. The molecule has 0 radical (unpaired) electrons. The monoisotopic (exact) mass is 274 g/mol. The van der Waals surface area contributed by atoms with Crippen molar-refractivity contribution in [2.45, 2.75) is 19.4 Å². The topological polar surface area (TPSA) is 20.2 Å². The second-order valence-electron chi connectivity index (χ2n) is 4.65. The molecule has 1 atom stereocenters. The van der Waals surface area contributed by atoms with E-state index in [0.717, 1.165) is 15.3 Å². The fourth-order valence-electron chi connectivity index (χ4n) is 2.21. The lowest BCUT2D eigenvalue weighted by molar-refractivity contribution is 0.110. The molecule has 1 unspecified atom stereocenters. The van der Waals surface area contributed by atoms with Crippen LogP contribution in [0.4, 0.5) is 0 Å². The molecule has 1 aromatic carbocycles. The molecule has 0 saturated heterocycles. The van der Waals surface area contributed by atoms with Crippen molar-refractivity contribution in [3.63, 3.8) is 0 Å². The molecule has 0 amide bonds. The van der Waals surface area contributed by atoms with Crippen molar-refractivity contribution in [3.8, 4) is 0 Å². The van der Waals surface area contributed by atoms with E-state index in [2.05, 4.69) is 24.3 Å². The molecule has 2 aromatic heterocycles. The highest BCUT2D eigenvalue weighted by Gasteiger charge is 2.30. The van der Waals surface area contributed by atoms with E-state index < -0.39 is 5.60 Å². The first-order chi connectivity index (χ1) is 8.59. The van der Waals surface area contributed by atoms with E-state index in [-0.39, 0.29) is 0 Å². The van der Waals surface area contributed by atoms with Gasteiger partial charge in [0.2, 0.25) is 0 Å². The molecular weight excluding hydrogens is 260 g/mol. The van der Waals surface area contributed by atoms with Crippen LogP contribution in [0.5, 0.6) is 0 Å². The molecule has 0 aliphatic heterocycles. The fourth-order valence-corrected chi connectivity index (χ4v) is 4.39. The minimum absolute atomic E-state index is 0.887. The quantitative estimate of drug-likeness (QED) is 0.728. The summed E-state index contributed by atoms with van der Waals surface area (Å²) >= 11 is 3.29. The van der Waals surface area contributed by atoms with Crippen LogP contribution >= 0.6 is 22.7 Å². The smallest absolute Gasteiger partial charge is 0.130 e. The molecule has 18 heavy (non-hydrogen) atoms. The summed E-state index contributed by atoms with van der Waals surface area (Å²) in [7, 11) is 0. The Hall–Kier alpha value is -1.16. The van der Waals surface area contributed by atoms with Crippen LogP contribution in [0.25, 0.3) is 10.1 Å². The molecule has 92 valence electrons. The first-order valence-corrected chi connectivity index (χ1v) is 7.54. The van der Waals surface area contributed by atoms with Crippen LogP contribution in [0.1, 0.15) is 22.2 Å². The van der Waals surface area contributed by atoms with Gasteiger partial charge in [0, 0.05) is 14.5 Å². The van der Waals surface area contributed by atoms with Crippen LogP contribution in [-0.4, -0.2) is 5.11 Å². The number of thiophene rings is 2. The summed E-state index contributed by atoms with van der Waals surface area (Å²) in [6.45, 7) is 3.93. The Morgan fingerprint density at radius 2 is 1.94 bits per heavy atom. The molecule has 0 aliphatic rings. The van der Waals surface area contributed by atoms with Crippen LogP contribution in [0.3, 0.4) is 0 Å². The van der Waals surface area contributed by atoms with Crippen LogP contribution < -0.4 is 0 Å². The Balaban J connectivity index is 2.16. The van der Waals surface area contributed by atoms with E-state index in [1.54, 1.807) is 22.7 Å². The van der Waals surface area contributed by atoms with Crippen molar-refractivity contribution in [2.24, 2.45) is 0 Å². The summed E-state index contributed by atoms with van der Waals surface area (Å²) in [5, 5.41) is 14.1. The lowest BCUT2D eigenvalue weighted by Crippen LogP contribution is -2.20. The predicted octanol–water partition coefficient (Wildman–Crippen LogP) is 4.53. The fraction of sp³-hybridized carbons (Fsp3) is 0.200. The minimum Gasteiger partial charge on any atom is -0.379 e. The summed E-state index contributed by atoms with van der Waals surface area (Å²) in [5.41, 5.74) is 0.268. The van der Waals surface area contributed by atoms with Gasteiger partial charge in [-0.3, -0.25) is 0 Å². The summed E-state index contributed by atoms with van der Waals surface area (Å²) in [6, 6.07) is 12.4. The van der Waals surface area contributed by atoms with E-state index >= 15 is 0 Å². The zero-order valence-corrected chi connectivity index (χ0v) is 11.9. The van der Waals surface area contributed by atoms with Gasteiger partial charge in [-0.05, 0) is 48.4 Å². The molecule has 2 heterocycles. The van der Waals surface area contributed by atoms with Gasteiger partial charge >= 0.3 is 0 Å². The number of hydrogen-bond donors (Lipinski definition) is 1. The van der Waals surface area contributed by atoms with Crippen molar-refractivity contribution in [1.82, 2.24) is 0 Å². The lowest BCUT2D eigenvalue weighted by Gasteiger charge is -2.21. The Morgan fingerprint density at radius 1 is 1.17 bits per heavy atom. The van der Waals surface area contributed by atoms with Crippen molar-refractivity contribution in [1.29, 1.82) is 0 Å². The molecule has 0 saturated carbocycles. The highest BCUT2D eigenvalue weighted by atomic mass is 32.1. The molecule has 0 spiro atoms. The highest BCUT2D eigenvalue weighted by Crippen LogP contribution is 2.40. The molecule has 1 N–H and O–H groups in total. The van der Waals surface area contributed by atoms with Gasteiger partial charge in [-0.15, -0.1) is 22.7 Å². The largest absolute Gasteiger partial charge is 0.379 e.